The largest absolute Gasteiger partial charge is 0.396 e. The Balaban J connectivity index is 2.91. The fourth-order valence-corrected chi connectivity index (χ4v) is 1.98. The Hall–Kier alpha value is -1.24. The number of halogens is 1. The van der Waals surface area contributed by atoms with Crippen LogP contribution in [0, 0.1) is 16.7 Å². The van der Waals surface area contributed by atoms with E-state index in [1.807, 2.05) is 0 Å². The molecular weight excluding hydrogens is 248 g/mol. The van der Waals surface area contributed by atoms with E-state index >= 15 is 0 Å². The first-order valence-electron chi connectivity index (χ1n) is 5.95. The molecule has 0 saturated heterocycles. The summed E-state index contributed by atoms with van der Waals surface area (Å²) in [7, 11) is 0. The Labute approximate surface area is 113 Å². The number of anilines is 1. The Kier molecular flexibility index (Phi) is 5.01. The molecule has 4 heteroatoms. The second kappa shape index (κ2) is 6.08. The molecule has 98 valence electrons. The zero-order valence-corrected chi connectivity index (χ0v) is 11.8. The average Bonchev–Trinajstić information content (AvgIpc) is 2.29. The van der Waals surface area contributed by atoms with E-state index in [2.05, 4.69) is 32.2 Å². The van der Waals surface area contributed by atoms with Crippen molar-refractivity contribution >= 4 is 17.3 Å². The van der Waals surface area contributed by atoms with Gasteiger partial charge in [0.05, 0.1) is 22.3 Å². The average molecular weight is 267 g/mol. The highest BCUT2D eigenvalue weighted by Crippen LogP contribution is 2.29. The van der Waals surface area contributed by atoms with Crippen molar-refractivity contribution in [1.29, 1.82) is 5.26 Å². The molecule has 2 N–H and O–H groups in total. The molecule has 0 amide bonds. The lowest BCUT2D eigenvalue weighted by Gasteiger charge is -2.32. The van der Waals surface area contributed by atoms with Crippen molar-refractivity contribution in [3.63, 3.8) is 0 Å². The topological polar surface area (TPSA) is 56.0 Å². The summed E-state index contributed by atoms with van der Waals surface area (Å²) in [6, 6.07) is 7.34. The van der Waals surface area contributed by atoms with Crippen molar-refractivity contribution in [2.24, 2.45) is 5.41 Å². The van der Waals surface area contributed by atoms with Gasteiger partial charge in [-0.05, 0) is 30.0 Å². The van der Waals surface area contributed by atoms with Crippen LogP contribution in [0.15, 0.2) is 18.2 Å². The van der Waals surface area contributed by atoms with Gasteiger partial charge < -0.3 is 10.4 Å². The smallest absolute Gasteiger partial charge is 0.0992 e. The maximum atomic E-state index is 9.11. The zero-order valence-electron chi connectivity index (χ0n) is 11.0. The highest BCUT2D eigenvalue weighted by molar-refractivity contribution is 6.33. The number of nitrogens with one attached hydrogen (secondary N) is 1. The summed E-state index contributed by atoms with van der Waals surface area (Å²) in [5.74, 6) is 0. The molecule has 1 rings (SSSR count). The van der Waals surface area contributed by atoms with Gasteiger partial charge in [0.25, 0.3) is 0 Å². The molecule has 3 nitrogen and oxygen atoms in total. The summed E-state index contributed by atoms with van der Waals surface area (Å²) in [5, 5.41) is 21.8. The number of nitrogens with zero attached hydrogens (tertiary/aromatic N) is 1. The molecule has 1 aromatic rings. The Morgan fingerprint density at radius 2 is 2.11 bits per heavy atom. The number of hydrogen-bond donors (Lipinski definition) is 2. The van der Waals surface area contributed by atoms with Gasteiger partial charge in [-0.2, -0.15) is 5.26 Å². The lowest BCUT2D eigenvalue weighted by atomic mass is 9.85. The molecule has 1 aromatic carbocycles. The second-order valence-corrected chi connectivity index (χ2v) is 5.79. The first kappa shape index (κ1) is 14.8. The van der Waals surface area contributed by atoms with Gasteiger partial charge in [0, 0.05) is 12.6 Å². The van der Waals surface area contributed by atoms with Gasteiger partial charge in [0.1, 0.15) is 0 Å². The van der Waals surface area contributed by atoms with Crippen LogP contribution in [-0.4, -0.2) is 17.8 Å². The quantitative estimate of drug-likeness (QED) is 0.878. The van der Waals surface area contributed by atoms with Gasteiger partial charge in [0.2, 0.25) is 0 Å². The third kappa shape index (κ3) is 3.90. The molecule has 1 unspecified atom stereocenters. The molecule has 0 spiro atoms. The molecule has 18 heavy (non-hydrogen) atoms. The van der Waals surface area contributed by atoms with Crippen molar-refractivity contribution in [2.75, 3.05) is 11.9 Å². The molecule has 0 aromatic heterocycles. The molecular formula is C14H19ClN2O. The second-order valence-electron chi connectivity index (χ2n) is 5.38. The summed E-state index contributed by atoms with van der Waals surface area (Å²) in [6.45, 7) is 6.45. The van der Waals surface area contributed by atoms with Crippen LogP contribution in [0.5, 0.6) is 0 Å². The molecule has 0 aliphatic heterocycles. The molecule has 1 atom stereocenters. The van der Waals surface area contributed by atoms with Crippen molar-refractivity contribution in [3.05, 3.63) is 28.8 Å². The maximum absolute atomic E-state index is 9.11. The number of rotatable bonds is 4. The summed E-state index contributed by atoms with van der Waals surface area (Å²) < 4.78 is 0. The SMILES string of the molecule is CC(C)(C)C(CCO)Nc1ccc(C#N)cc1Cl. The Morgan fingerprint density at radius 3 is 2.56 bits per heavy atom. The van der Waals surface area contributed by atoms with Crippen LogP contribution >= 0.6 is 11.6 Å². The van der Waals surface area contributed by atoms with Gasteiger partial charge in [-0.25, -0.2) is 0 Å². The fourth-order valence-electron chi connectivity index (χ4n) is 1.74. The van der Waals surface area contributed by atoms with Crippen LogP contribution in [0.1, 0.15) is 32.8 Å². The first-order chi connectivity index (χ1) is 8.38. The van der Waals surface area contributed by atoms with E-state index in [4.69, 9.17) is 22.0 Å². The predicted octanol–water partition coefficient (Wildman–Crippen LogP) is 3.42. The normalized spacial score (nSPS) is 12.9. The highest BCUT2D eigenvalue weighted by Gasteiger charge is 2.24. The molecule has 0 saturated carbocycles. The van der Waals surface area contributed by atoms with E-state index in [1.54, 1.807) is 18.2 Å². The summed E-state index contributed by atoms with van der Waals surface area (Å²) in [5.41, 5.74) is 1.35. The minimum Gasteiger partial charge on any atom is -0.396 e. The molecule has 0 radical (unpaired) electrons. The number of aliphatic hydroxyl groups is 1. The standard InChI is InChI=1S/C14H19ClN2O/c1-14(2,3)13(6-7-18)17-12-5-4-10(9-16)8-11(12)15/h4-5,8,13,17-18H,6-7H2,1-3H3. The predicted molar refractivity (Wildman–Crippen MR) is 74.7 cm³/mol. The lowest BCUT2D eigenvalue weighted by molar-refractivity contribution is 0.235. The third-order valence-corrected chi connectivity index (χ3v) is 3.20. The third-order valence-electron chi connectivity index (χ3n) is 2.89. The van der Waals surface area contributed by atoms with Gasteiger partial charge in [-0.15, -0.1) is 0 Å². The highest BCUT2D eigenvalue weighted by atomic mass is 35.5. The van der Waals surface area contributed by atoms with Crippen LogP contribution < -0.4 is 5.32 Å². The van der Waals surface area contributed by atoms with Gasteiger partial charge >= 0.3 is 0 Å². The van der Waals surface area contributed by atoms with Crippen LogP contribution in [-0.2, 0) is 0 Å². The van der Waals surface area contributed by atoms with E-state index in [0.717, 1.165) is 5.69 Å². The number of benzene rings is 1. The first-order valence-corrected chi connectivity index (χ1v) is 6.33. The summed E-state index contributed by atoms with van der Waals surface area (Å²) in [6.07, 6.45) is 0.653. The van der Waals surface area contributed by atoms with Crippen molar-refractivity contribution in [1.82, 2.24) is 0 Å². The minimum atomic E-state index is 0.0138. The van der Waals surface area contributed by atoms with E-state index in [1.165, 1.54) is 0 Å². The number of nitriles is 1. The van der Waals surface area contributed by atoms with E-state index in [-0.39, 0.29) is 18.1 Å². The molecule has 0 aliphatic rings. The zero-order chi connectivity index (χ0) is 13.8. The van der Waals surface area contributed by atoms with Crippen LogP contribution in [0.2, 0.25) is 5.02 Å². The van der Waals surface area contributed by atoms with Gasteiger partial charge in [-0.1, -0.05) is 32.4 Å². The maximum Gasteiger partial charge on any atom is 0.0992 e. The molecule has 0 aliphatic carbocycles. The van der Waals surface area contributed by atoms with Crippen molar-refractivity contribution in [2.45, 2.75) is 33.2 Å². The van der Waals surface area contributed by atoms with Crippen LogP contribution in [0.4, 0.5) is 5.69 Å². The van der Waals surface area contributed by atoms with Crippen molar-refractivity contribution < 1.29 is 5.11 Å². The van der Waals surface area contributed by atoms with E-state index in [0.29, 0.717) is 17.0 Å². The van der Waals surface area contributed by atoms with E-state index in [9.17, 15) is 0 Å². The molecule has 0 heterocycles. The van der Waals surface area contributed by atoms with Gasteiger partial charge in [0.15, 0.2) is 0 Å². The molecule has 0 bridgehead atoms. The van der Waals surface area contributed by atoms with Crippen LogP contribution in [0.25, 0.3) is 0 Å². The fraction of sp³-hybridized carbons (Fsp3) is 0.500. The number of aliphatic hydroxyl groups excluding tert-OH is 1. The monoisotopic (exact) mass is 266 g/mol. The van der Waals surface area contributed by atoms with Gasteiger partial charge in [-0.3, -0.25) is 0 Å². The molecule has 0 fully saturated rings. The Morgan fingerprint density at radius 1 is 1.44 bits per heavy atom. The number of hydrogen-bond acceptors (Lipinski definition) is 3. The van der Waals surface area contributed by atoms with Crippen molar-refractivity contribution in [3.8, 4) is 6.07 Å². The van der Waals surface area contributed by atoms with E-state index < -0.39 is 0 Å². The lowest BCUT2D eigenvalue weighted by Crippen LogP contribution is -2.34. The minimum absolute atomic E-state index is 0.0138. The summed E-state index contributed by atoms with van der Waals surface area (Å²) >= 11 is 6.13. The summed E-state index contributed by atoms with van der Waals surface area (Å²) in [4.78, 5) is 0. The Bertz CT molecular complexity index is 446. The van der Waals surface area contributed by atoms with Crippen LogP contribution in [0.3, 0.4) is 0 Å².